The van der Waals surface area contributed by atoms with E-state index in [1.807, 2.05) is 0 Å². The number of nitrogens with one attached hydrogen (secondary N) is 1. The zero-order chi connectivity index (χ0) is 12.8. The van der Waals surface area contributed by atoms with Gasteiger partial charge in [-0.05, 0) is 12.8 Å². The SMILES string of the molecule is Cn1nncc1NC(=O)N1CC(N)C2(CCC2)C1. The van der Waals surface area contributed by atoms with E-state index < -0.39 is 0 Å². The number of nitrogens with zero attached hydrogens (tertiary/aromatic N) is 4. The number of hydrogen-bond acceptors (Lipinski definition) is 4. The first kappa shape index (κ1) is 11.5. The van der Waals surface area contributed by atoms with Crippen LogP contribution < -0.4 is 11.1 Å². The normalized spacial score (nSPS) is 25.2. The number of aromatic nitrogens is 3. The second kappa shape index (κ2) is 3.94. The van der Waals surface area contributed by atoms with Crippen LogP contribution in [0.5, 0.6) is 0 Å². The van der Waals surface area contributed by atoms with Gasteiger partial charge in [0.15, 0.2) is 5.82 Å². The van der Waals surface area contributed by atoms with Gasteiger partial charge in [-0.15, -0.1) is 5.10 Å². The number of likely N-dealkylation sites (tertiary alicyclic amines) is 1. The maximum atomic E-state index is 12.1. The number of nitrogens with two attached hydrogens (primary N) is 1. The summed E-state index contributed by atoms with van der Waals surface area (Å²) >= 11 is 0. The fourth-order valence-corrected chi connectivity index (χ4v) is 2.90. The Morgan fingerprint density at radius 3 is 2.89 bits per heavy atom. The summed E-state index contributed by atoms with van der Waals surface area (Å²) in [6.07, 6.45) is 5.05. The molecule has 3 N–H and O–H groups in total. The molecule has 1 spiro atoms. The van der Waals surface area contributed by atoms with Crippen molar-refractivity contribution in [3.05, 3.63) is 6.20 Å². The molecule has 2 heterocycles. The average Bonchev–Trinajstić information content (AvgIpc) is 2.82. The number of carbonyl (C=O) groups is 1. The zero-order valence-corrected chi connectivity index (χ0v) is 10.5. The number of hydrogen-bond donors (Lipinski definition) is 2. The van der Waals surface area contributed by atoms with Crippen LogP contribution in [-0.4, -0.2) is 45.1 Å². The van der Waals surface area contributed by atoms with Crippen molar-refractivity contribution in [2.24, 2.45) is 18.2 Å². The Hall–Kier alpha value is -1.63. The minimum Gasteiger partial charge on any atom is -0.326 e. The Bertz CT molecular complexity index is 466. The molecule has 0 bridgehead atoms. The third-order valence-corrected chi connectivity index (χ3v) is 4.30. The summed E-state index contributed by atoms with van der Waals surface area (Å²) in [4.78, 5) is 13.9. The number of urea groups is 1. The number of rotatable bonds is 1. The van der Waals surface area contributed by atoms with Gasteiger partial charge >= 0.3 is 6.03 Å². The highest BCUT2D eigenvalue weighted by Crippen LogP contribution is 2.47. The van der Waals surface area contributed by atoms with Gasteiger partial charge in [0.2, 0.25) is 0 Å². The molecule has 0 aromatic carbocycles. The van der Waals surface area contributed by atoms with E-state index in [4.69, 9.17) is 5.73 Å². The first-order valence-corrected chi connectivity index (χ1v) is 6.27. The Balaban J connectivity index is 1.66. The monoisotopic (exact) mass is 250 g/mol. The van der Waals surface area contributed by atoms with Crippen LogP contribution in [0.15, 0.2) is 6.20 Å². The summed E-state index contributed by atoms with van der Waals surface area (Å²) in [5, 5.41) is 10.3. The van der Waals surface area contributed by atoms with Crippen LogP contribution in [0.4, 0.5) is 10.6 Å². The summed E-state index contributed by atoms with van der Waals surface area (Å²) in [5.41, 5.74) is 6.34. The molecule has 1 saturated carbocycles. The molecule has 1 aliphatic carbocycles. The van der Waals surface area contributed by atoms with Gasteiger partial charge in [-0.3, -0.25) is 5.32 Å². The summed E-state index contributed by atoms with van der Waals surface area (Å²) in [7, 11) is 1.74. The highest BCUT2D eigenvalue weighted by molar-refractivity contribution is 5.88. The van der Waals surface area contributed by atoms with Crippen molar-refractivity contribution >= 4 is 11.8 Å². The molecule has 2 fully saturated rings. The Morgan fingerprint density at radius 2 is 2.39 bits per heavy atom. The summed E-state index contributed by atoms with van der Waals surface area (Å²) in [5.74, 6) is 0.600. The second-order valence-corrected chi connectivity index (χ2v) is 5.38. The number of carbonyl (C=O) groups excluding carboxylic acids is 1. The molecule has 1 aromatic heterocycles. The van der Waals surface area contributed by atoms with E-state index in [9.17, 15) is 4.79 Å². The molecular weight excluding hydrogens is 232 g/mol. The Labute approximate surface area is 105 Å². The fraction of sp³-hybridized carbons (Fsp3) is 0.727. The molecule has 1 saturated heterocycles. The topological polar surface area (TPSA) is 89.1 Å². The van der Waals surface area contributed by atoms with Crippen LogP contribution in [0.25, 0.3) is 0 Å². The van der Waals surface area contributed by atoms with Crippen LogP contribution in [0.1, 0.15) is 19.3 Å². The van der Waals surface area contributed by atoms with Gasteiger partial charge in [0.1, 0.15) is 0 Å². The van der Waals surface area contributed by atoms with Crippen molar-refractivity contribution in [1.29, 1.82) is 0 Å². The van der Waals surface area contributed by atoms with Crippen molar-refractivity contribution in [1.82, 2.24) is 19.9 Å². The van der Waals surface area contributed by atoms with E-state index in [1.54, 1.807) is 11.9 Å². The van der Waals surface area contributed by atoms with E-state index >= 15 is 0 Å². The van der Waals surface area contributed by atoms with Crippen molar-refractivity contribution in [2.45, 2.75) is 25.3 Å². The van der Waals surface area contributed by atoms with Gasteiger partial charge in [-0.2, -0.15) is 0 Å². The predicted molar refractivity (Wildman–Crippen MR) is 65.9 cm³/mol. The lowest BCUT2D eigenvalue weighted by Crippen LogP contribution is -2.45. The van der Waals surface area contributed by atoms with Gasteiger partial charge in [0.05, 0.1) is 6.20 Å². The van der Waals surface area contributed by atoms with Crippen molar-refractivity contribution in [2.75, 3.05) is 18.4 Å². The first-order valence-electron chi connectivity index (χ1n) is 6.27. The largest absolute Gasteiger partial charge is 0.326 e. The standard InChI is InChI=1S/C11H18N6O/c1-16-9(5-13-15-16)14-10(18)17-6-8(12)11(7-17)3-2-4-11/h5,8H,2-4,6-7,12H2,1H3,(H,14,18). The van der Waals surface area contributed by atoms with Gasteiger partial charge in [0.25, 0.3) is 0 Å². The van der Waals surface area contributed by atoms with Crippen molar-refractivity contribution < 1.29 is 4.79 Å². The van der Waals surface area contributed by atoms with Crippen molar-refractivity contribution in [3.8, 4) is 0 Å². The molecule has 7 heteroatoms. The zero-order valence-electron chi connectivity index (χ0n) is 10.5. The lowest BCUT2D eigenvalue weighted by atomic mass is 9.66. The lowest BCUT2D eigenvalue weighted by Gasteiger charge is -2.41. The quantitative estimate of drug-likeness (QED) is 0.743. The minimum atomic E-state index is -0.111. The molecule has 2 amide bonds. The van der Waals surface area contributed by atoms with Crippen LogP contribution in [0.2, 0.25) is 0 Å². The summed E-state index contributed by atoms with van der Waals surface area (Å²) in [6.45, 7) is 1.41. The van der Waals surface area contributed by atoms with Crippen LogP contribution in [0.3, 0.4) is 0 Å². The molecule has 1 aromatic rings. The molecule has 1 aliphatic heterocycles. The van der Waals surface area contributed by atoms with E-state index in [-0.39, 0.29) is 17.5 Å². The first-order chi connectivity index (χ1) is 8.61. The molecule has 0 radical (unpaired) electrons. The molecular formula is C11H18N6O. The van der Waals surface area contributed by atoms with E-state index in [1.165, 1.54) is 17.3 Å². The van der Waals surface area contributed by atoms with E-state index in [0.29, 0.717) is 12.4 Å². The molecule has 98 valence electrons. The summed E-state index contributed by atoms with van der Waals surface area (Å²) in [6, 6.07) is 0.00119. The number of aryl methyl sites for hydroxylation is 1. The number of anilines is 1. The minimum absolute atomic E-state index is 0.111. The highest BCUT2D eigenvalue weighted by atomic mass is 16.2. The van der Waals surface area contributed by atoms with Crippen molar-refractivity contribution in [3.63, 3.8) is 0 Å². The Kier molecular flexibility index (Phi) is 2.51. The molecule has 1 unspecified atom stereocenters. The maximum Gasteiger partial charge on any atom is 0.323 e. The second-order valence-electron chi connectivity index (χ2n) is 5.38. The third kappa shape index (κ3) is 1.66. The highest BCUT2D eigenvalue weighted by Gasteiger charge is 2.49. The number of amides is 2. The predicted octanol–water partition coefficient (Wildman–Crippen LogP) is 0.160. The smallest absolute Gasteiger partial charge is 0.323 e. The maximum absolute atomic E-state index is 12.1. The average molecular weight is 250 g/mol. The molecule has 3 rings (SSSR count). The molecule has 2 aliphatic rings. The van der Waals surface area contributed by atoms with Gasteiger partial charge in [-0.25, -0.2) is 9.48 Å². The molecule has 18 heavy (non-hydrogen) atoms. The fourth-order valence-electron chi connectivity index (χ4n) is 2.90. The Morgan fingerprint density at radius 1 is 1.61 bits per heavy atom. The molecule has 1 atom stereocenters. The summed E-state index contributed by atoms with van der Waals surface area (Å²) < 4.78 is 1.53. The van der Waals surface area contributed by atoms with Gasteiger partial charge in [-0.1, -0.05) is 11.6 Å². The van der Waals surface area contributed by atoms with Gasteiger partial charge in [0, 0.05) is 31.6 Å². The van der Waals surface area contributed by atoms with Crippen LogP contribution in [0, 0.1) is 5.41 Å². The molecule has 7 nitrogen and oxygen atoms in total. The van der Waals surface area contributed by atoms with E-state index in [0.717, 1.165) is 19.4 Å². The lowest BCUT2D eigenvalue weighted by molar-refractivity contribution is 0.127. The third-order valence-electron chi connectivity index (χ3n) is 4.30. The van der Waals surface area contributed by atoms with Crippen LogP contribution in [-0.2, 0) is 7.05 Å². The van der Waals surface area contributed by atoms with Gasteiger partial charge < -0.3 is 10.6 Å². The van der Waals surface area contributed by atoms with E-state index in [2.05, 4.69) is 15.6 Å². The van der Waals surface area contributed by atoms with Crippen LogP contribution >= 0.6 is 0 Å².